The summed E-state index contributed by atoms with van der Waals surface area (Å²) >= 11 is 0. The molecule has 1 aliphatic rings. The van der Waals surface area contributed by atoms with Crippen molar-refractivity contribution in [3.63, 3.8) is 0 Å². The molecule has 2 amide bonds. The van der Waals surface area contributed by atoms with E-state index in [1.807, 2.05) is 0 Å². The maximum atomic E-state index is 12.3. The third-order valence-corrected chi connectivity index (χ3v) is 3.39. The summed E-state index contributed by atoms with van der Waals surface area (Å²) in [5.41, 5.74) is 0.634. The maximum Gasteiger partial charge on any atom is 0.253 e. The van der Waals surface area contributed by atoms with Crippen molar-refractivity contribution in [2.24, 2.45) is 0 Å². The highest BCUT2D eigenvalue weighted by Gasteiger charge is 2.23. The van der Waals surface area contributed by atoms with Gasteiger partial charge in [0.05, 0.1) is 7.11 Å². The third kappa shape index (κ3) is 2.99. The molecule has 0 bridgehead atoms. The Labute approximate surface area is 118 Å². The Morgan fingerprint density at radius 2 is 1.65 bits per heavy atom. The van der Waals surface area contributed by atoms with E-state index in [9.17, 15) is 9.59 Å². The number of rotatable bonds is 3. The molecule has 20 heavy (non-hydrogen) atoms. The molecule has 5 heteroatoms. The fourth-order valence-electron chi connectivity index (χ4n) is 2.18. The molecule has 0 N–H and O–H groups in total. The van der Waals surface area contributed by atoms with E-state index < -0.39 is 0 Å². The van der Waals surface area contributed by atoms with Gasteiger partial charge in [0.2, 0.25) is 5.91 Å². The molecule has 0 saturated carbocycles. The number of methoxy groups -OCH3 is 1. The zero-order chi connectivity index (χ0) is 14.5. The molecule has 1 aromatic carbocycles. The molecule has 1 aromatic rings. The molecular weight excluding hydrogens is 256 g/mol. The van der Waals surface area contributed by atoms with Gasteiger partial charge in [0.15, 0.2) is 0 Å². The Hall–Kier alpha value is -2.30. The highest BCUT2D eigenvalue weighted by atomic mass is 16.5. The molecule has 2 rings (SSSR count). The lowest BCUT2D eigenvalue weighted by molar-refractivity contribution is -0.127. The van der Waals surface area contributed by atoms with Crippen LogP contribution in [0.25, 0.3) is 0 Å². The quantitative estimate of drug-likeness (QED) is 0.777. The van der Waals surface area contributed by atoms with Gasteiger partial charge in [-0.2, -0.15) is 0 Å². The van der Waals surface area contributed by atoms with Crippen LogP contribution < -0.4 is 4.74 Å². The van der Waals surface area contributed by atoms with Crippen LogP contribution in [0.4, 0.5) is 0 Å². The fourth-order valence-corrected chi connectivity index (χ4v) is 2.18. The van der Waals surface area contributed by atoms with Crippen LogP contribution in [0.3, 0.4) is 0 Å². The van der Waals surface area contributed by atoms with E-state index in [1.165, 1.54) is 6.08 Å². The van der Waals surface area contributed by atoms with Gasteiger partial charge in [0, 0.05) is 31.7 Å². The van der Waals surface area contributed by atoms with Crippen molar-refractivity contribution in [3.05, 3.63) is 42.5 Å². The van der Waals surface area contributed by atoms with Crippen LogP contribution in [0.2, 0.25) is 0 Å². The molecule has 0 radical (unpaired) electrons. The monoisotopic (exact) mass is 274 g/mol. The summed E-state index contributed by atoms with van der Waals surface area (Å²) in [6, 6.07) is 7.04. The molecule has 1 heterocycles. The Balaban J connectivity index is 1.97. The maximum absolute atomic E-state index is 12.3. The summed E-state index contributed by atoms with van der Waals surface area (Å²) in [7, 11) is 1.59. The second-order valence-corrected chi connectivity index (χ2v) is 4.55. The van der Waals surface area contributed by atoms with Crippen molar-refractivity contribution in [3.8, 4) is 5.75 Å². The molecular formula is C15H18N2O3. The van der Waals surface area contributed by atoms with Crippen LogP contribution in [0.15, 0.2) is 36.9 Å². The Morgan fingerprint density at radius 3 is 2.15 bits per heavy atom. The molecule has 0 atom stereocenters. The Morgan fingerprint density at radius 1 is 1.10 bits per heavy atom. The summed E-state index contributed by atoms with van der Waals surface area (Å²) in [4.78, 5) is 27.2. The van der Waals surface area contributed by atoms with Gasteiger partial charge < -0.3 is 14.5 Å². The number of carbonyl (C=O) groups is 2. The highest BCUT2D eigenvalue weighted by molar-refractivity contribution is 5.94. The van der Waals surface area contributed by atoms with Crippen molar-refractivity contribution in [1.82, 2.24) is 9.80 Å². The molecule has 1 saturated heterocycles. The average molecular weight is 274 g/mol. The van der Waals surface area contributed by atoms with E-state index in [4.69, 9.17) is 4.74 Å². The summed E-state index contributed by atoms with van der Waals surface area (Å²) < 4.78 is 5.07. The largest absolute Gasteiger partial charge is 0.497 e. The minimum absolute atomic E-state index is 0.0154. The number of hydrogen-bond acceptors (Lipinski definition) is 3. The fraction of sp³-hybridized carbons (Fsp3) is 0.333. The summed E-state index contributed by atoms with van der Waals surface area (Å²) in [6.45, 7) is 5.66. The van der Waals surface area contributed by atoms with Crippen LogP contribution in [-0.2, 0) is 4.79 Å². The van der Waals surface area contributed by atoms with E-state index in [1.54, 1.807) is 41.2 Å². The first-order chi connectivity index (χ1) is 9.65. The van der Waals surface area contributed by atoms with Crippen molar-refractivity contribution in [1.29, 1.82) is 0 Å². The second-order valence-electron chi connectivity index (χ2n) is 4.55. The molecule has 1 fully saturated rings. The van der Waals surface area contributed by atoms with Crippen molar-refractivity contribution in [2.45, 2.75) is 0 Å². The predicted octanol–water partition coefficient (Wildman–Crippen LogP) is 1.17. The first-order valence-electron chi connectivity index (χ1n) is 6.50. The van der Waals surface area contributed by atoms with Gasteiger partial charge in [-0.25, -0.2) is 0 Å². The van der Waals surface area contributed by atoms with E-state index >= 15 is 0 Å². The molecule has 1 aliphatic heterocycles. The van der Waals surface area contributed by atoms with Crippen LogP contribution in [0.5, 0.6) is 5.75 Å². The van der Waals surface area contributed by atoms with E-state index in [0.29, 0.717) is 31.7 Å². The molecule has 0 aliphatic carbocycles. The normalized spacial score (nSPS) is 14.8. The number of piperazine rings is 1. The molecule has 106 valence electrons. The molecule has 0 spiro atoms. The molecule has 0 unspecified atom stereocenters. The second kappa shape index (κ2) is 6.23. The molecule has 0 aromatic heterocycles. The number of amides is 2. The Bertz CT molecular complexity index is 502. The average Bonchev–Trinajstić information content (AvgIpc) is 2.53. The van der Waals surface area contributed by atoms with E-state index in [-0.39, 0.29) is 11.8 Å². The van der Waals surface area contributed by atoms with Gasteiger partial charge in [-0.15, -0.1) is 0 Å². The smallest absolute Gasteiger partial charge is 0.253 e. The predicted molar refractivity (Wildman–Crippen MR) is 75.7 cm³/mol. The van der Waals surface area contributed by atoms with Gasteiger partial charge in [-0.3, -0.25) is 9.59 Å². The first kappa shape index (κ1) is 14.1. The third-order valence-electron chi connectivity index (χ3n) is 3.39. The van der Waals surface area contributed by atoms with Crippen LogP contribution in [-0.4, -0.2) is 54.9 Å². The number of benzene rings is 1. The van der Waals surface area contributed by atoms with Crippen molar-refractivity contribution in [2.75, 3.05) is 33.3 Å². The summed E-state index contributed by atoms with van der Waals surface area (Å²) in [6.07, 6.45) is 1.31. The zero-order valence-corrected chi connectivity index (χ0v) is 11.5. The van der Waals surface area contributed by atoms with Crippen LogP contribution in [0, 0.1) is 0 Å². The van der Waals surface area contributed by atoms with Crippen molar-refractivity contribution >= 4 is 11.8 Å². The van der Waals surface area contributed by atoms with Crippen LogP contribution >= 0.6 is 0 Å². The zero-order valence-electron chi connectivity index (χ0n) is 11.5. The van der Waals surface area contributed by atoms with Gasteiger partial charge in [-0.1, -0.05) is 6.58 Å². The van der Waals surface area contributed by atoms with Gasteiger partial charge in [0.25, 0.3) is 5.91 Å². The van der Waals surface area contributed by atoms with Gasteiger partial charge in [0.1, 0.15) is 5.75 Å². The lowest BCUT2D eigenvalue weighted by Gasteiger charge is -2.34. The first-order valence-corrected chi connectivity index (χ1v) is 6.50. The topological polar surface area (TPSA) is 49.9 Å². The minimum Gasteiger partial charge on any atom is -0.497 e. The SMILES string of the molecule is C=CC(=O)N1CCN(C(=O)c2ccc(OC)cc2)CC1. The number of carbonyl (C=O) groups excluding carboxylic acids is 2. The highest BCUT2D eigenvalue weighted by Crippen LogP contribution is 2.14. The number of ether oxygens (including phenoxy) is 1. The lowest BCUT2D eigenvalue weighted by Crippen LogP contribution is -2.50. The Kier molecular flexibility index (Phi) is 4.40. The van der Waals surface area contributed by atoms with Gasteiger partial charge >= 0.3 is 0 Å². The van der Waals surface area contributed by atoms with Gasteiger partial charge in [-0.05, 0) is 30.3 Å². The summed E-state index contributed by atoms with van der Waals surface area (Å²) in [5.74, 6) is 0.628. The molecule has 5 nitrogen and oxygen atoms in total. The van der Waals surface area contributed by atoms with Crippen molar-refractivity contribution < 1.29 is 14.3 Å². The number of hydrogen-bond donors (Lipinski definition) is 0. The van der Waals surface area contributed by atoms with E-state index in [2.05, 4.69) is 6.58 Å². The minimum atomic E-state index is -0.0819. The van der Waals surface area contributed by atoms with E-state index in [0.717, 1.165) is 5.75 Å². The van der Waals surface area contributed by atoms with Crippen LogP contribution in [0.1, 0.15) is 10.4 Å². The number of nitrogens with zero attached hydrogens (tertiary/aromatic N) is 2. The lowest BCUT2D eigenvalue weighted by atomic mass is 10.1. The summed E-state index contributed by atoms with van der Waals surface area (Å²) in [5, 5.41) is 0. The standard InChI is InChI=1S/C15H18N2O3/c1-3-14(18)16-8-10-17(11-9-16)15(19)12-4-6-13(20-2)7-5-12/h3-7H,1,8-11H2,2H3.